The van der Waals surface area contributed by atoms with Crippen LogP contribution in [0.25, 0.3) is 11.4 Å². The summed E-state index contributed by atoms with van der Waals surface area (Å²) in [6, 6.07) is 2.54. The van der Waals surface area contributed by atoms with Gasteiger partial charge in [-0.05, 0) is 31.5 Å². The summed E-state index contributed by atoms with van der Waals surface area (Å²) < 4.78 is 40.3. The number of nitrogen functional groups attached to an aromatic ring is 1. The van der Waals surface area contributed by atoms with Crippen molar-refractivity contribution >= 4 is 5.69 Å². The molecule has 7 heteroatoms. The summed E-state index contributed by atoms with van der Waals surface area (Å²) in [5.41, 5.74) is 5.35. The SMILES string of the molecule is CCn1ncnc1-c1cc(N)c(C)c(C(F)(F)F)c1. The van der Waals surface area contributed by atoms with E-state index in [4.69, 9.17) is 5.73 Å². The molecule has 1 heterocycles. The molecule has 0 fully saturated rings. The molecule has 0 bridgehead atoms. The lowest BCUT2D eigenvalue weighted by molar-refractivity contribution is -0.138. The first kappa shape index (κ1) is 13.4. The molecule has 102 valence electrons. The van der Waals surface area contributed by atoms with Crippen LogP contribution in [-0.4, -0.2) is 14.8 Å². The molecule has 2 N–H and O–H groups in total. The first-order valence-corrected chi connectivity index (χ1v) is 5.70. The quantitative estimate of drug-likeness (QED) is 0.854. The van der Waals surface area contributed by atoms with Crippen LogP contribution in [0.5, 0.6) is 0 Å². The van der Waals surface area contributed by atoms with Gasteiger partial charge in [-0.3, -0.25) is 0 Å². The minimum atomic E-state index is -4.44. The van der Waals surface area contributed by atoms with Crippen molar-refractivity contribution in [2.75, 3.05) is 5.73 Å². The van der Waals surface area contributed by atoms with Crippen LogP contribution in [0.3, 0.4) is 0 Å². The van der Waals surface area contributed by atoms with Crippen LogP contribution in [0.2, 0.25) is 0 Å². The van der Waals surface area contributed by atoms with Gasteiger partial charge in [-0.15, -0.1) is 0 Å². The maximum absolute atomic E-state index is 12.9. The van der Waals surface area contributed by atoms with Crippen molar-refractivity contribution in [2.24, 2.45) is 0 Å². The third kappa shape index (κ3) is 2.40. The van der Waals surface area contributed by atoms with Crippen LogP contribution in [0, 0.1) is 6.92 Å². The molecule has 1 aromatic carbocycles. The maximum Gasteiger partial charge on any atom is 0.416 e. The van der Waals surface area contributed by atoms with Gasteiger partial charge < -0.3 is 5.73 Å². The van der Waals surface area contributed by atoms with Crippen LogP contribution < -0.4 is 5.73 Å². The van der Waals surface area contributed by atoms with E-state index in [0.29, 0.717) is 17.9 Å². The molecule has 1 aromatic heterocycles. The van der Waals surface area contributed by atoms with E-state index in [2.05, 4.69) is 10.1 Å². The number of aromatic nitrogens is 3. The van der Waals surface area contributed by atoms with Crippen LogP contribution >= 0.6 is 0 Å². The van der Waals surface area contributed by atoms with Gasteiger partial charge in [-0.2, -0.15) is 18.3 Å². The summed E-state index contributed by atoms with van der Waals surface area (Å²) >= 11 is 0. The highest BCUT2D eigenvalue weighted by atomic mass is 19.4. The second-order valence-corrected chi connectivity index (χ2v) is 4.14. The Morgan fingerprint density at radius 2 is 2.00 bits per heavy atom. The summed E-state index contributed by atoms with van der Waals surface area (Å²) in [6.07, 6.45) is -3.13. The van der Waals surface area contributed by atoms with Crippen LogP contribution in [0.15, 0.2) is 18.5 Å². The van der Waals surface area contributed by atoms with E-state index < -0.39 is 11.7 Å². The number of benzene rings is 1. The van der Waals surface area contributed by atoms with Gasteiger partial charge in [-0.1, -0.05) is 0 Å². The highest BCUT2D eigenvalue weighted by Crippen LogP contribution is 2.36. The Labute approximate surface area is 108 Å². The van der Waals surface area contributed by atoms with Crippen molar-refractivity contribution in [3.63, 3.8) is 0 Å². The van der Waals surface area contributed by atoms with E-state index in [1.165, 1.54) is 24.0 Å². The molecule has 0 amide bonds. The van der Waals surface area contributed by atoms with Gasteiger partial charge in [0.05, 0.1) is 5.56 Å². The van der Waals surface area contributed by atoms with E-state index in [1.54, 1.807) is 0 Å². The number of nitrogens with two attached hydrogens (primary N) is 1. The normalized spacial score (nSPS) is 11.8. The van der Waals surface area contributed by atoms with Crippen molar-refractivity contribution in [3.05, 3.63) is 29.6 Å². The predicted molar refractivity (Wildman–Crippen MR) is 65.3 cm³/mol. The highest BCUT2D eigenvalue weighted by Gasteiger charge is 2.33. The second kappa shape index (κ2) is 4.56. The molecule has 0 aliphatic rings. The van der Waals surface area contributed by atoms with Gasteiger partial charge in [0.2, 0.25) is 0 Å². The zero-order valence-electron chi connectivity index (χ0n) is 10.5. The number of alkyl halides is 3. The second-order valence-electron chi connectivity index (χ2n) is 4.14. The first-order valence-electron chi connectivity index (χ1n) is 5.70. The minimum Gasteiger partial charge on any atom is -0.398 e. The van der Waals surface area contributed by atoms with Crippen molar-refractivity contribution in [2.45, 2.75) is 26.6 Å². The molecule has 0 radical (unpaired) electrons. The average Bonchev–Trinajstić information content (AvgIpc) is 2.79. The van der Waals surface area contributed by atoms with Gasteiger partial charge in [0.1, 0.15) is 6.33 Å². The zero-order valence-corrected chi connectivity index (χ0v) is 10.5. The minimum absolute atomic E-state index is 0.0267. The van der Waals surface area contributed by atoms with E-state index in [1.807, 2.05) is 6.92 Å². The molecule has 0 aliphatic carbocycles. The lowest BCUT2D eigenvalue weighted by Gasteiger charge is -2.14. The number of rotatable bonds is 2. The Kier molecular flexibility index (Phi) is 3.21. The molecule has 0 saturated heterocycles. The van der Waals surface area contributed by atoms with Crippen LogP contribution in [0.1, 0.15) is 18.1 Å². The van der Waals surface area contributed by atoms with Crippen molar-refractivity contribution in [3.8, 4) is 11.4 Å². The third-order valence-corrected chi connectivity index (χ3v) is 2.93. The summed E-state index contributed by atoms with van der Waals surface area (Å²) in [5, 5.41) is 3.94. The fraction of sp³-hybridized carbons (Fsp3) is 0.333. The number of halogens is 3. The van der Waals surface area contributed by atoms with E-state index in [-0.39, 0.29) is 11.3 Å². The highest BCUT2D eigenvalue weighted by molar-refractivity contribution is 5.66. The number of anilines is 1. The van der Waals surface area contributed by atoms with E-state index in [9.17, 15) is 13.2 Å². The number of hydrogen-bond donors (Lipinski definition) is 1. The molecule has 4 nitrogen and oxygen atoms in total. The Balaban J connectivity index is 2.64. The molecule has 0 aliphatic heterocycles. The monoisotopic (exact) mass is 270 g/mol. The number of aryl methyl sites for hydroxylation is 1. The van der Waals surface area contributed by atoms with E-state index in [0.717, 1.165) is 6.07 Å². The fourth-order valence-electron chi connectivity index (χ4n) is 1.88. The van der Waals surface area contributed by atoms with E-state index >= 15 is 0 Å². The Bertz CT molecular complexity index is 602. The van der Waals surface area contributed by atoms with Crippen molar-refractivity contribution in [1.29, 1.82) is 0 Å². The molecular weight excluding hydrogens is 257 g/mol. The Morgan fingerprint density at radius 1 is 1.32 bits per heavy atom. The van der Waals surface area contributed by atoms with Gasteiger partial charge in [-0.25, -0.2) is 9.67 Å². The van der Waals surface area contributed by atoms with Gasteiger partial charge >= 0.3 is 6.18 Å². The van der Waals surface area contributed by atoms with Gasteiger partial charge in [0, 0.05) is 17.8 Å². The molecule has 2 aromatic rings. The predicted octanol–water partition coefficient (Wildman–Crippen LogP) is 2.87. The topological polar surface area (TPSA) is 56.7 Å². The largest absolute Gasteiger partial charge is 0.416 e. The van der Waals surface area contributed by atoms with Gasteiger partial charge in [0.15, 0.2) is 5.82 Å². The average molecular weight is 270 g/mol. The molecule has 19 heavy (non-hydrogen) atoms. The lowest BCUT2D eigenvalue weighted by Crippen LogP contribution is -2.10. The van der Waals surface area contributed by atoms with Crippen molar-refractivity contribution < 1.29 is 13.2 Å². The molecule has 2 rings (SSSR count). The first-order chi connectivity index (χ1) is 8.84. The summed E-state index contributed by atoms with van der Waals surface area (Å²) in [6.45, 7) is 3.71. The van der Waals surface area contributed by atoms with Gasteiger partial charge in [0.25, 0.3) is 0 Å². The fourth-order valence-corrected chi connectivity index (χ4v) is 1.88. The van der Waals surface area contributed by atoms with Crippen molar-refractivity contribution in [1.82, 2.24) is 14.8 Å². The summed E-state index contributed by atoms with van der Waals surface area (Å²) in [7, 11) is 0. The maximum atomic E-state index is 12.9. The third-order valence-electron chi connectivity index (χ3n) is 2.93. The molecule has 0 unspecified atom stereocenters. The molecule has 0 spiro atoms. The van der Waals surface area contributed by atoms with Crippen LogP contribution in [-0.2, 0) is 12.7 Å². The smallest absolute Gasteiger partial charge is 0.398 e. The summed E-state index contributed by atoms with van der Waals surface area (Å²) in [4.78, 5) is 3.98. The molecule has 0 atom stereocenters. The zero-order chi connectivity index (χ0) is 14.2. The number of nitrogens with zero attached hydrogens (tertiary/aromatic N) is 3. The summed E-state index contributed by atoms with van der Waals surface area (Å²) in [5.74, 6) is 0.375. The standard InChI is InChI=1S/C12H13F3N4/c1-3-19-11(17-6-18-19)8-4-9(12(13,14)15)7(2)10(16)5-8/h4-6H,3,16H2,1-2H3. The number of hydrogen-bond acceptors (Lipinski definition) is 3. The molecule has 0 saturated carbocycles. The Morgan fingerprint density at radius 3 is 2.58 bits per heavy atom. The lowest BCUT2D eigenvalue weighted by atomic mass is 10.0. The van der Waals surface area contributed by atoms with Crippen LogP contribution in [0.4, 0.5) is 18.9 Å². The Hall–Kier alpha value is -2.05. The molecular formula is C12H13F3N4.